The van der Waals surface area contributed by atoms with Crippen molar-refractivity contribution in [3.63, 3.8) is 0 Å². The number of carbonyl (C=O) groups excluding carboxylic acids is 2. The topological polar surface area (TPSA) is 78.7 Å². The Bertz CT molecular complexity index is 822. The van der Waals surface area contributed by atoms with Crippen LogP contribution < -0.4 is 15.5 Å². The van der Waals surface area contributed by atoms with Gasteiger partial charge in [0.15, 0.2) is 0 Å². The van der Waals surface area contributed by atoms with Crippen molar-refractivity contribution in [2.75, 3.05) is 24.5 Å². The van der Waals surface area contributed by atoms with E-state index in [2.05, 4.69) is 28.7 Å². The third-order valence-corrected chi connectivity index (χ3v) is 5.34. The maximum Gasteiger partial charge on any atom is 0.328 e. The van der Waals surface area contributed by atoms with Gasteiger partial charge in [0, 0.05) is 19.2 Å². The molecule has 0 spiro atoms. The molecule has 0 aliphatic carbocycles. The van der Waals surface area contributed by atoms with Crippen LogP contribution in [-0.4, -0.2) is 41.2 Å². The molecule has 2 saturated heterocycles. The molecule has 2 fully saturated rings. The Balaban J connectivity index is 1.68. The van der Waals surface area contributed by atoms with Crippen molar-refractivity contribution in [2.45, 2.75) is 32.6 Å². The summed E-state index contributed by atoms with van der Waals surface area (Å²) in [6.07, 6.45) is 7.46. The highest BCUT2D eigenvalue weighted by Crippen LogP contribution is 2.29. The predicted molar refractivity (Wildman–Crippen MR) is 94.7 cm³/mol. The molecule has 4 heterocycles. The summed E-state index contributed by atoms with van der Waals surface area (Å²) in [4.78, 5) is 25.2. The molecular formula is C18H23N5O2. The molecule has 3 amide bonds. The van der Waals surface area contributed by atoms with Crippen molar-refractivity contribution < 1.29 is 9.59 Å². The van der Waals surface area contributed by atoms with Crippen LogP contribution in [0.3, 0.4) is 0 Å². The number of aryl methyl sites for hydroxylation is 1. The van der Waals surface area contributed by atoms with Crippen LogP contribution in [0.25, 0.3) is 5.52 Å². The zero-order valence-corrected chi connectivity index (χ0v) is 14.4. The van der Waals surface area contributed by atoms with E-state index in [1.807, 2.05) is 10.7 Å². The van der Waals surface area contributed by atoms with Crippen LogP contribution >= 0.6 is 0 Å². The number of nitrogens with zero attached hydrogens (tertiary/aromatic N) is 3. The number of urea groups is 1. The molecule has 2 aliphatic rings. The molecule has 0 bridgehead atoms. The lowest BCUT2D eigenvalue weighted by Crippen LogP contribution is -2.49. The Morgan fingerprint density at radius 2 is 2.08 bits per heavy atom. The number of nitrogens with one attached hydrogen (secondary N) is 2. The Morgan fingerprint density at radius 3 is 2.84 bits per heavy atom. The van der Waals surface area contributed by atoms with Gasteiger partial charge in [-0.15, -0.1) is 0 Å². The summed E-state index contributed by atoms with van der Waals surface area (Å²) < 4.78 is 1.82. The summed E-state index contributed by atoms with van der Waals surface area (Å²) in [5.74, 6) is 0.478. The third kappa shape index (κ3) is 3.00. The lowest BCUT2D eigenvalue weighted by Gasteiger charge is -2.26. The van der Waals surface area contributed by atoms with E-state index in [-0.39, 0.29) is 11.9 Å². The molecule has 4 rings (SSSR count). The van der Waals surface area contributed by atoms with Crippen molar-refractivity contribution in [1.82, 2.24) is 20.2 Å². The van der Waals surface area contributed by atoms with Crippen molar-refractivity contribution >= 4 is 23.1 Å². The minimum atomic E-state index is -0.366. The maximum absolute atomic E-state index is 12.2. The van der Waals surface area contributed by atoms with E-state index in [9.17, 15) is 9.59 Å². The third-order valence-electron chi connectivity index (χ3n) is 5.34. The average Bonchev–Trinajstić information content (AvgIpc) is 3.03. The van der Waals surface area contributed by atoms with E-state index in [4.69, 9.17) is 0 Å². The van der Waals surface area contributed by atoms with Crippen molar-refractivity contribution in [1.29, 1.82) is 0 Å². The molecule has 0 unspecified atom stereocenters. The molecule has 132 valence electrons. The smallest absolute Gasteiger partial charge is 0.317 e. The first-order valence-electron chi connectivity index (χ1n) is 8.91. The fraction of sp³-hybridized carbons (Fsp3) is 0.500. The summed E-state index contributed by atoms with van der Waals surface area (Å²) in [6, 6.07) is 1.77. The summed E-state index contributed by atoms with van der Waals surface area (Å²) in [6.45, 7) is 4.67. The van der Waals surface area contributed by atoms with Gasteiger partial charge in [0.05, 0.1) is 17.4 Å². The van der Waals surface area contributed by atoms with Gasteiger partial charge in [0.1, 0.15) is 0 Å². The molecule has 2 aromatic rings. The number of amides is 3. The van der Waals surface area contributed by atoms with Crippen LogP contribution in [0.1, 0.15) is 30.4 Å². The Hall–Kier alpha value is -2.41. The van der Waals surface area contributed by atoms with Crippen LogP contribution in [0.2, 0.25) is 0 Å². The molecule has 0 saturated carbocycles. The second-order valence-electron chi connectivity index (χ2n) is 6.94. The van der Waals surface area contributed by atoms with Crippen LogP contribution in [0.15, 0.2) is 18.5 Å². The van der Waals surface area contributed by atoms with E-state index >= 15 is 0 Å². The first-order valence-corrected chi connectivity index (χ1v) is 8.91. The lowest BCUT2D eigenvalue weighted by atomic mass is 9.89. The van der Waals surface area contributed by atoms with E-state index in [0.29, 0.717) is 18.9 Å². The van der Waals surface area contributed by atoms with Crippen LogP contribution in [-0.2, 0) is 11.2 Å². The van der Waals surface area contributed by atoms with Gasteiger partial charge in [0.25, 0.3) is 0 Å². The lowest BCUT2D eigenvalue weighted by molar-refractivity contribution is -0.120. The number of aromatic nitrogens is 2. The van der Waals surface area contributed by atoms with E-state index in [0.717, 1.165) is 30.7 Å². The van der Waals surface area contributed by atoms with Crippen molar-refractivity contribution in [2.24, 2.45) is 5.92 Å². The van der Waals surface area contributed by atoms with E-state index in [1.165, 1.54) is 24.0 Å². The van der Waals surface area contributed by atoms with Gasteiger partial charge >= 0.3 is 6.03 Å². The van der Waals surface area contributed by atoms with E-state index < -0.39 is 0 Å². The molecule has 25 heavy (non-hydrogen) atoms. The SMILES string of the molecule is Cc1c(CC2CCNCC2)ccn2ncc(N3CCC(=O)NC3=O)c12. The summed E-state index contributed by atoms with van der Waals surface area (Å²) in [7, 11) is 0. The fourth-order valence-electron chi connectivity index (χ4n) is 3.88. The largest absolute Gasteiger partial charge is 0.328 e. The number of hydrogen-bond acceptors (Lipinski definition) is 4. The minimum absolute atomic E-state index is 0.221. The quantitative estimate of drug-likeness (QED) is 0.889. The number of pyridine rings is 1. The number of imide groups is 1. The minimum Gasteiger partial charge on any atom is -0.317 e. The number of hydrogen-bond donors (Lipinski definition) is 2. The number of piperidine rings is 1. The molecule has 0 radical (unpaired) electrons. The zero-order valence-electron chi connectivity index (χ0n) is 14.4. The molecular weight excluding hydrogens is 318 g/mol. The fourth-order valence-corrected chi connectivity index (χ4v) is 3.88. The zero-order chi connectivity index (χ0) is 17.4. The average molecular weight is 341 g/mol. The van der Waals surface area contributed by atoms with Gasteiger partial charge in [0.2, 0.25) is 5.91 Å². The monoisotopic (exact) mass is 341 g/mol. The number of rotatable bonds is 3. The summed E-state index contributed by atoms with van der Waals surface area (Å²) in [5.41, 5.74) is 4.21. The highest BCUT2D eigenvalue weighted by atomic mass is 16.2. The van der Waals surface area contributed by atoms with Crippen LogP contribution in [0.5, 0.6) is 0 Å². The molecule has 2 aliphatic heterocycles. The maximum atomic E-state index is 12.2. The van der Waals surface area contributed by atoms with Crippen molar-refractivity contribution in [3.05, 3.63) is 29.6 Å². The predicted octanol–water partition coefficient (Wildman–Crippen LogP) is 1.63. The molecule has 0 atom stereocenters. The first kappa shape index (κ1) is 16.1. The standard InChI is InChI=1S/C18H23N5O2/c1-12-14(10-13-2-6-19-7-3-13)4-9-23-17(12)15(11-20-23)22-8-5-16(24)21-18(22)25/h4,9,11,13,19H,2-3,5-8,10H2,1H3,(H,21,24,25). The molecule has 2 N–H and O–H groups in total. The van der Waals surface area contributed by atoms with E-state index in [1.54, 1.807) is 11.1 Å². The Labute approximate surface area is 146 Å². The van der Waals surface area contributed by atoms with Crippen LogP contribution in [0.4, 0.5) is 10.5 Å². The Morgan fingerprint density at radius 1 is 1.28 bits per heavy atom. The van der Waals surface area contributed by atoms with Crippen molar-refractivity contribution in [3.8, 4) is 0 Å². The second-order valence-corrected chi connectivity index (χ2v) is 6.94. The number of anilines is 1. The van der Waals surface area contributed by atoms with Gasteiger partial charge in [-0.25, -0.2) is 9.31 Å². The molecule has 2 aromatic heterocycles. The summed E-state index contributed by atoms with van der Waals surface area (Å²) in [5, 5.41) is 10.2. The van der Waals surface area contributed by atoms with Gasteiger partial charge in [-0.3, -0.25) is 15.0 Å². The molecule has 7 heteroatoms. The highest BCUT2D eigenvalue weighted by molar-refractivity contribution is 6.07. The molecule has 7 nitrogen and oxygen atoms in total. The normalized spacial score (nSPS) is 19.5. The van der Waals surface area contributed by atoms with Gasteiger partial charge < -0.3 is 5.32 Å². The van der Waals surface area contributed by atoms with Crippen LogP contribution in [0, 0.1) is 12.8 Å². The second kappa shape index (κ2) is 6.48. The first-order chi connectivity index (χ1) is 12.1. The number of carbonyl (C=O) groups is 2. The van der Waals surface area contributed by atoms with Gasteiger partial charge in [-0.2, -0.15) is 5.10 Å². The van der Waals surface area contributed by atoms with Gasteiger partial charge in [-0.05, 0) is 62.4 Å². The highest BCUT2D eigenvalue weighted by Gasteiger charge is 2.27. The summed E-state index contributed by atoms with van der Waals surface area (Å²) >= 11 is 0. The molecule has 0 aromatic carbocycles. The van der Waals surface area contributed by atoms with Gasteiger partial charge in [-0.1, -0.05) is 0 Å². The Kier molecular flexibility index (Phi) is 4.17. The number of fused-ring (bicyclic) bond motifs is 1.